The fraction of sp³-hybridized carbons (Fsp3) is 0.500. The van der Waals surface area contributed by atoms with Crippen LogP contribution in [0.5, 0.6) is 11.5 Å². The normalized spacial score (nSPS) is 12.9. The van der Waals surface area contributed by atoms with Crippen molar-refractivity contribution in [1.82, 2.24) is 5.32 Å². The van der Waals surface area contributed by atoms with Crippen LogP contribution in [-0.4, -0.2) is 39.2 Å². The molecule has 0 aliphatic heterocycles. The van der Waals surface area contributed by atoms with Crippen molar-refractivity contribution in [3.05, 3.63) is 23.8 Å². The Morgan fingerprint density at radius 1 is 1.13 bits per heavy atom. The molecule has 23 heavy (non-hydrogen) atoms. The summed E-state index contributed by atoms with van der Waals surface area (Å²) < 4.78 is 15.1. The number of hydrogen-bond acceptors (Lipinski definition) is 6. The molecule has 0 fully saturated rings. The highest BCUT2D eigenvalue weighted by Gasteiger charge is 2.21. The fourth-order valence-corrected chi connectivity index (χ4v) is 2.12. The van der Waals surface area contributed by atoms with Crippen LogP contribution in [0.1, 0.15) is 31.4 Å². The number of carbonyl (C=O) groups excluding carboxylic acids is 2. The van der Waals surface area contributed by atoms with Gasteiger partial charge in [-0.2, -0.15) is 0 Å². The van der Waals surface area contributed by atoms with Gasteiger partial charge in [0.2, 0.25) is 5.91 Å². The molecule has 2 atom stereocenters. The van der Waals surface area contributed by atoms with E-state index in [4.69, 9.17) is 19.9 Å². The van der Waals surface area contributed by atoms with Crippen molar-refractivity contribution in [3.63, 3.8) is 0 Å². The predicted octanol–water partition coefficient (Wildman–Crippen LogP) is 1.16. The maximum atomic E-state index is 12.0. The third-order valence-corrected chi connectivity index (χ3v) is 3.25. The minimum Gasteiger partial charge on any atom is -0.493 e. The van der Waals surface area contributed by atoms with Crippen LogP contribution in [0.25, 0.3) is 0 Å². The first-order valence-electron chi connectivity index (χ1n) is 7.25. The maximum absolute atomic E-state index is 12.0. The highest BCUT2D eigenvalue weighted by Crippen LogP contribution is 2.31. The molecule has 0 bridgehead atoms. The zero-order valence-corrected chi connectivity index (χ0v) is 13.9. The number of amides is 1. The molecule has 0 aliphatic rings. The molecular formula is C16H24N2O5. The SMILES string of the molecule is COC(=O)CC(NC(=O)CC(C)N)c1ccc(OC)c(OC)c1. The lowest BCUT2D eigenvalue weighted by atomic mass is 10.0. The van der Waals surface area contributed by atoms with Crippen LogP contribution >= 0.6 is 0 Å². The molecule has 0 heterocycles. The molecule has 0 saturated carbocycles. The molecule has 1 rings (SSSR count). The van der Waals surface area contributed by atoms with E-state index in [-0.39, 0.29) is 24.8 Å². The number of nitrogens with one attached hydrogen (secondary N) is 1. The van der Waals surface area contributed by atoms with E-state index in [9.17, 15) is 9.59 Å². The van der Waals surface area contributed by atoms with E-state index in [1.807, 2.05) is 0 Å². The molecule has 7 nitrogen and oxygen atoms in total. The van der Waals surface area contributed by atoms with Crippen molar-refractivity contribution in [2.75, 3.05) is 21.3 Å². The number of rotatable bonds is 8. The van der Waals surface area contributed by atoms with Crippen molar-refractivity contribution in [3.8, 4) is 11.5 Å². The Kier molecular flexibility index (Phi) is 7.34. The summed E-state index contributed by atoms with van der Waals surface area (Å²) in [6.45, 7) is 1.74. The second kappa shape index (κ2) is 8.99. The van der Waals surface area contributed by atoms with Crippen molar-refractivity contribution in [1.29, 1.82) is 0 Å². The van der Waals surface area contributed by atoms with E-state index in [1.165, 1.54) is 21.3 Å². The number of benzene rings is 1. The van der Waals surface area contributed by atoms with Crippen LogP contribution < -0.4 is 20.5 Å². The average molecular weight is 324 g/mol. The van der Waals surface area contributed by atoms with Gasteiger partial charge in [0.25, 0.3) is 0 Å². The molecule has 7 heteroatoms. The number of nitrogens with two attached hydrogens (primary N) is 1. The first-order valence-corrected chi connectivity index (χ1v) is 7.25. The zero-order chi connectivity index (χ0) is 17.4. The van der Waals surface area contributed by atoms with Crippen LogP contribution in [0.3, 0.4) is 0 Å². The summed E-state index contributed by atoms with van der Waals surface area (Å²) in [6.07, 6.45) is 0.182. The van der Waals surface area contributed by atoms with Crippen molar-refractivity contribution < 1.29 is 23.8 Å². The molecule has 1 aromatic carbocycles. The average Bonchev–Trinajstić information content (AvgIpc) is 2.52. The molecule has 2 unspecified atom stereocenters. The standard InChI is InChI=1S/C16H24N2O5/c1-10(17)7-15(19)18-12(9-16(20)23-4)11-5-6-13(21-2)14(8-11)22-3/h5-6,8,10,12H,7,9,17H2,1-4H3,(H,18,19). The Labute approximate surface area is 136 Å². The second-order valence-corrected chi connectivity index (χ2v) is 5.20. The molecule has 1 aromatic rings. The van der Waals surface area contributed by atoms with Gasteiger partial charge in [0.1, 0.15) is 0 Å². The quantitative estimate of drug-likeness (QED) is 0.696. The molecular weight excluding hydrogens is 300 g/mol. The molecule has 128 valence electrons. The Morgan fingerprint density at radius 2 is 1.78 bits per heavy atom. The topological polar surface area (TPSA) is 99.9 Å². The molecule has 0 aliphatic carbocycles. The molecule has 1 amide bonds. The molecule has 0 spiro atoms. The number of carbonyl (C=O) groups is 2. The molecule has 0 saturated heterocycles. The Morgan fingerprint density at radius 3 is 2.30 bits per heavy atom. The largest absolute Gasteiger partial charge is 0.493 e. The second-order valence-electron chi connectivity index (χ2n) is 5.20. The highest BCUT2D eigenvalue weighted by molar-refractivity contribution is 5.78. The van der Waals surface area contributed by atoms with Gasteiger partial charge in [-0.1, -0.05) is 6.07 Å². The van der Waals surface area contributed by atoms with Crippen molar-refractivity contribution in [2.45, 2.75) is 31.8 Å². The van der Waals surface area contributed by atoms with Crippen molar-refractivity contribution >= 4 is 11.9 Å². The summed E-state index contributed by atoms with van der Waals surface area (Å²) in [5, 5.41) is 2.80. The third-order valence-electron chi connectivity index (χ3n) is 3.25. The van der Waals surface area contributed by atoms with E-state index >= 15 is 0 Å². The maximum Gasteiger partial charge on any atom is 0.307 e. The van der Waals surface area contributed by atoms with Gasteiger partial charge in [0, 0.05) is 12.5 Å². The smallest absolute Gasteiger partial charge is 0.307 e. The van der Waals surface area contributed by atoms with E-state index in [0.717, 1.165) is 0 Å². The summed E-state index contributed by atoms with van der Waals surface area (Å²) in [6, 6.07) is 4.41. The van der Waals surface area contributed by atoms with Crippen LogP contribution in [0, 0.1) is 0 Å². The van der Waals surface area contributed by atoms with Gasteiger partial charge in [0.15, 0.2) is 11.5 Å². The zero-order valence-electron chi connectivity index (χ0n) is 13.9. The van der Waals surface area contributed by atoms with Gasteiger partial charge >= 0.3 is 5.97 Å². The van der Waals surface area contributed by atoms with E-state index < -0.39 is 12.0 Å². The van der Waals surface area contributed by atoms with Crippen LogP contribution in [-0.2, 0) is 14.3 Å². The number of esters is 1. The third kappa shape index (κ3) is 5.78. The Balaban J connectivity index is 3.03. The first kappa shape index (κ1) is 18.8. The minimum absolute atomic E-state index is 0.0106. The van der Waals surface area contributed by atoms with E-state index in [2.05, 4.69) is 5.32 Å². The fourth-order valence-electron chi connectivity index (χ4n) is 2.12. The summed E-state index contributed by atoms with van der Waals surface area (Å²) in [7, 11) is 4.36. The summed E-state index contributed by atoms with van der Waals surface area (Å²) in [4.78, 5) is 23.6. The predicted molar refractivity (Wildman–Crippen MR) is 85.3 cm³/mol. The lowest BCUT2D eigenvalue weighted by molar-refractivity contribution is -0.141. The summed E-state index contributed by atoms with van der Waals surface area (Å²) in [5.41, 5.74) is 6.34. The molecule has 0 aromatic heterocycles. The molecule has 3 N–H and O–H groups in total. The van der Waals surface area contributed by atoms with Crippen molar-refractivity contribution in [2.24, 2.45) is 5.73 Å². The summed E-state index contributed by atoms with van der Waals surface area (Å²) in [5.74, 6) is 0.422. The van der Waals surface area contributed by atoms with Gasteiger partial charge < -0.3 is 25.3 Å². The Hall–Kier alpha value is -2.28. The van der Waals surface area contributed by atoms with Gasteiger partial charge in [0.05, 0.1) is 33.8 Å². The van der Waals surface area contributed by atoms with Crippen LogP contribution in [0.2, 0.25) is 0 Å². The van der Waals surface area contributed by atoms with E-state index in [0.29, 0.717) is 17.1 Å². The lowest BCUT2D eigenvalue weighted by Crippen LogP contribution is -2.34. The number of ether oxygens (including phenoxy) is 3. The first-order chi connectivity index (χ1) is 10.9. The van der Waals surface area contributed by atoms with Crippen LogP contribution in [0.15, 0.2) is 18.2 Å². The highest BCUT2D eigenvalue weighted by atomic mass is 16.5. The Bertz CT molecular complexity index is 545. The lowest BCUT2D eigenvalue weighted by Gasteiger charge is -2.20. The number of hydrogen-bond donors (Lipinski definition) is 2. The van der Waals surface area contributed by atoms with Crippen LogP contribution in [0.4, 0.5) is 0 Å². The minimum atomic E-state index is -0.534. The molecule has 0 radical (unpaired) electrons. The van der Waals surface area contributed by atoms with Gasteiger partial charge in [-0.05, 0) is 24.6 Å². The summed E-state index contributed by atoms with van der Waals surface area (Å²) >= 11 is 0. The van der Waals surface area contributed by atoms with Gasteiger partial charge in [-0.15, -0.1) is 0 Å². The van der Waals surface area contributed by atoms with Gasteiger partial charge in [-0.25, -0.2) is 0 Å². The number of methoxy groups -OCH3 is 3. The van der Waals surface area contributed by atoms with Gasteiger partial charge in [-0.3, -0.25) is 9.59 Å². The van der Waals surface area contributed by atoms with E-state index in [1.54, 1.807) is 25.1 Å². The monoisotopic (exact) mass is 324 g/mol.